The van der Waals surface area contributed by atoms with Gasteiger partial charge in [0.25, 0.3) is 5.91 Å². The van der Waals surface area contributed by atoms with Crippen molar-refractivity contribution >= 4 is 5.91 Å². The minimum atomic E-state index is -0.0604. The van der Waals surface area contributed by atoms with Crippen LogP contribution in [0.4, 0.5) is 0 Å². The van der Waals surface area contributed by atoms with E-state index in [1.54, 1.807) is 6.92 Å². The van der Waals surface area contributed by atoms with Crippen LogP contribution in [0.25, 0.3) is 0 Å². The minimum absolute atomic E-state index is 0.0604. The zero-order valence-electron chi connectivity index (χ0n) is 13.1. The summed E-state index contributed by atoms with van der Waals surface area (Å²) in [6.45, 7) is 6.11. The molecule has 0 aromatic carbocycles. The lowest BCUT2D eigenvalue weighted by molar-refractivity contribution is 0.0646. The minimum Gasteiger partial charge on any atom is -0.381 e. The number of fused-ring (bicyclic) bond motifs is 1. The van der Waals surface area contributed by atoms with Crippen molar-refractivity contribution in [3.05, 3.63) is 35.0 Å². The van der Waals surface area contributed by atoms with E-state index in [-0.39, 0.29) is 11.8 Å². The van der Waals surface area contributed by atoms with Gasteiger partial charge in [-0.2, -0.15) is 5.10 Å². The van der Waals surface area contributed by atoms with E-state index < -0.39 is 0 Å². The van der Waals surface area contributed by atoms with Crippen LogP contribution in [0.1, 0.15) is 40.2 Å². The molecular formula is C15H20N4O3. The Labute approximate surface area is 128 Å². The highest BCUT2D eigenvalue weighted by Crippen LogP contribution is 2.29. The fourth-order valence-electron chi connectivity index (χ4n) is 2.98. The lowest BCUT2D eigenvalue weighted by Crippen LogP contribution is -2.40. The van der Waals surface area contributed by atoms with Gasteiger partial charge in [0.1, 0.15) is 11.3 Å². The largest absolute Gasteiger partial charge is 0.381 e. The molecule has 0 aliphatic carbocycles. The average Bonchev–Trinajstić information content (AvgIpc) is 3.10. The third-order valence-corrected chi connectivity index (χ3v) is 4.04. The van der Waals surface area contributed by atoms with E-state index in [4.69, 9.17) is 9.26 Å². The number of carbonyl (C=O) groups is 1. The van der Waals surface area contributed by atoms with Crippen molar-refractivity contribution in [3.8, 4) is 0 Å². The predicted octanol–water partition coefficient (Wildman–Crippen LogP) is 1.49. The van der Waals surface area contributed by atoms with Gasteiger partial charge in [-0.1, -0.05) is 5.16 Å². The maximum Gasteiger partial charge on any atom is 0.259 e. The van der Waals surface area contributed by atoms with Crippen molar-refractivity contribution in [1.82, 2.24) is 19.8 Å². The first-order valence-electron chi connectivity index (χ1n) is 7.40. The molecule has 0 bridgehead atoms. The molecule has 3 rings (SSSR count). The summed E-state index contributed by atoms with van der Waals surface area (Å²) in [5, 5.41) is 8.01. The van der Waals surface area contributed by atoms with Crippen LogP contribution in [0, 0.1) is 6.92 Å². The van der Waals surface area contributed by atoms with Crippen LogP contribution in [0.3, 0.4) is 0 Å². The number of amides is 1. The number of rotatable bonds is 4. The quantitative estimate of drug-likeness (QED) is 0.855. The van der Waals surface area contributed by atoms with Gasteiger partial charge in [0.15, 0.2) is 0 Å². The van der Waals surface area contributed by atoms with Crippen molar-refractivity contribution in [3.63, 3.8) is 0 Å². The average molecular weight is 304 g/mol. The Kier molecular flexibility index (Phi) is 3.98. The molecule has 0 fully saturated rings. The molecule has 0 radical (unpaired) electrons. The zero-order chi connectivity index (χ0) is 15.7. The Morgan fingerprint density at radius 2 is 2.32 bits per heavy atom. The summed E-state index contributed by atoms with van der Waals surface area (Å²) in [5.74, 6) is 0.610. The second-order valence-electron chi connectivity index (χ2n) is 5.52. The van der Waals surface area contributed by atoms with Gasteiger partial charge in [0.2, 0.25) is 0 Å². The molecule has 2 aromatic heterocycles. The van der Waals surface area contributed by atoms with Crippen molar-refractivity contribution in [2.45, 2.75) is 26.3 Å². The van der Waals surface area contributed by atoms with Gasteiger partial charge in [0.05, 0.1) is 24.7 Å². The molecule has 118 valence electrons. The Morgan fingerprint density at radius 1 is 1.50 bits per heavy atom. The van der Waals surface area contributed by atoms with Crippen LogP contribution < -0.4 is 0 Å². The van der Waals surface area contributed by atoms with Crippen LogP contribution in [0.5, 0.6) is 0 Å². The predicted molar refractivity (Wildman–Crippen MR) is 78.4 cm³/mol. The summed E-state index contributed by atoms with van der Waals surface area (Å²) in [6, 6.07) is 0. The Morgan fingerprint density at radius 3 is 3.00 bits per heavy atom. The number of nitrogens with zero attached hydrogens (tertiary/aromatic N) is 4. The van der Waals surface area contributed by atoms with E-state index in [0.717, 1.165) is 11.3 Å². The highest BCUT2D eigenvalue weighted by molar-refractivity contribution is 5.94. The summed E-state index contributed by atoms with van der Waals surface area (Å²) in [7, 11) is 1.93. The molecule has 0 N–H and O–H groups in total. The lowest BCUT2D eigenvalue weighted by atomic mass is 9.96. The molecule has 22 heavy (non-hydrogen) atoms. The van der Waals surface area contributed by atoms with Crippen LogP contribution in [0.15, 0.2) is 16.9 Å². The second-order valence-corrected chi connectivity index (χ2v) is 5.52. The molecule has 0 saturated carbocycles. The van der Waals surface area contributed by atoms with Gasteiger partial charge < -0.3 is 14.2 Å². The smallest absolute Gasteiger partial charge is 0.259 e. The van der Waals surface area contributed by atoms with Crippen molar-refractivity contribution in [1.29, 1.82) is 0 Å². The highest BCUT2D eigenvalue weighted by atomic mass is 16.5. The van der Waals surface area contributed by atoms with E-state index in [9.17, 15) is 4.79 Å². The lowest BCUT2D eigenvalue weighted by Gasteiger charge is -2.32. The summed E-state index contributed by atoms with van der Waals surface area (Å²) >= 11 is 0. The molecule has 7 heteroatoms. The molecule has 1 amide bonds. The summed E-state index contributed by atoms with van der Waals surface area (Å²) in [6.07, 6.45) is 3.31. The Hall–Kier alpha value is -2.15. The maximum atomic E-state index is 12.7. The summed E-state index contributed by atoms with van der Waals surface area (Å²) in [4.78, 5) is 14.5. The van der Waals surface area contributed by atoms with Gasteiger partial charge in [-0.25, -0.2) is 0 Å². The second kappa shape index (κ2) is 5.92. The van der Waals surface area contributed by atoms with Crippen molar-refractivity contribution in [2.24, 2.45) is 7.05 Å². The number of aromatic nitrogens is 3. The Bertz CT molecular complexity index is 676. The standard InChI is InChI=1S/C15H20N4O3/c1-4-21-9-12-8-19(7-11-5-16-18(3)14(11)12)15(20)13-6-17-22-10(13)2/h5-6,12H,4,7-9H2,1-3H3. The van der Waals surface area contributed by atoms with Crippen LogP contribution in [-0.4, -0.2) is 45.5 Å². The molecule has 0 saturated heterocycles. The number of ether oxygens (including phenoxy) is 1. The summed E-state index contributed by atoms with van der Waals surface area (Å²) < 4.78 is 12.5. The SMILES string of the molecule is CCOCC1CN(C(=O)c2cnoc2C)Cc2cnn(C)c21. The summed E-state index contributed by atoms with van der Waals surface area (Å²) in [5.41, 5.74) is 2.74. The van der Waals surface area contributed by atoms with Gasteiger partial charge >= 0.3 is 0 Å². The first-order valence-corrected chi connectivity index (χ1v) is 7.40. The molecular weight excluding hydrogens is 284 g/mol. The molecule has 1 aliphatic rings. The third-order valence-electron chi connectivity index (χ3n) is 4.04. The van der Waals surface area contributed by atoms with Gasteiger partial charge in [-0.15, -0.1) is 0 Å². The fourth-order valence-corrected chi connectivity index (χ4v) is 2.98. The van der Waals surface area contributed by atoms with E-state index in [1.165, 1.54) is 6.20 Å². The zero-order valence-corrected chi connectivity index (χ0v) is 13.1. The van der Waals surface area contributed by atoms with E-state index in [1.807, 2.05) is 29.7 Å². The molecule has 2 aromatic rings. The molecule has 7 nitrogen and oxygen atoms in total. The van der Waals surface area contributed by atoms with Crippen LogP contribution in [-0.2, 0) is 18.3 Å². The molecule has 1 unspecified atom stereocenters. The van der Waals surface area contributed by atoms with Crippen LogP contribution >= 0.6 is 0 Å². The van der Waals surface area contributed by atoms with Gasteiger partial charge in [-0.3, -0.25) is 9.48 Å². The van der Waals surface area contributed by atoms with Gasteiger partial charge in [0, 0.05) is 38.2 Å². The molecule has 0 spiro atoms. The molecule has 1 atom stereocenters. The number of hydrogen-bond donors (Lipinski definition) is 0. The maximum absolute atomic E-state index is 12.7. The molecule has 1 aliphatic heterocycles. The highest BCUT2D eigenvalue weighted by Gasteiger charge is 2.32. The topological polar surface area (TPSA) is 73.4 Å². The van der Waals surface area contributed by atoms with E-state index >= 15 is 0 Å². The first-order chi connectivity index (χ1) is 10.6. The number of aryl methyl sites for hydroxylation is 2. The first kappa shape index (κ1) is 14.8. The monoisotopic (exact) mass is 304 g/mol. The van der Waals surface area contributed by atoms with Crippen molar-refractivity contribution in [2.75, 3.05) is 19.8 Å². The van der Waals surface area contributed by atoms with E-state index in [2.05, 4.69) is 10.3 Å². The third kappa shape index (κ3) is 2.52. The molecule has 3 heterocycles. The van der Waals surface area contributed by atoms with Crippen molar-refractivity contribution < 1.29 is 14.1 Å². The normalized spacial score (nSPS) is 17.6. The van der Waals surface area contributed by atoms with E-state index in [0.29, 0.717) is 37.6 Å². The fraction of sp³-hybridized carbons (Fsp3) is 0.533. The van der Waals surface area contributed by atoms with Crippen LogP contribution in [0.2, 0.25) is 0 Å². The number of hydrogen-bond acceptors (Lipinski definition) is 5. The number of carbonyl (C=O) groups excluding carboxylic acids is 1. The van der Waals surface area contributed by atoms with Gasteiger partial charge in [-0.05, 0) is 13.8 Å². The Balaban J connectivity index is 1.87.